The van der Waals surface area contributed by atoms with E-state index in [0.29, 0.717) is 0 Å². The summed E-state index contributed by atoms with van der Waals surface area (Å²) in [5.41, 5.74) is 4.36. The van der Waals surface area contributed by atoms with Crippen LogP contribution in [0.5, 0.6) is 5.75 Å². The second kappa shape index (κ2) is 8.73. The number of hydrogen-bond acceptors (Lipinski definition) is 9. The van der Waals surface area contributed by atoms with Crippen molar-refractivity contribution >= 4 is 53.0 Å². The van der Waals surface area contributed by atoms with Crippen molar-refractivity contribution in [1.82, 2.24) is 10.2 Å². The maximum absolute atomic E-state index is 12.6. The fraction of sp³-hybridized carbons (Fsp3) is 0.235. The molecule has 1 saturated heterocycles. The number of carbonyl (C=O) groups is 4. The summed E-state index contributed by atoms with van der Waals surface area (Å²) in [6, 6.07) is 2.60. The lowest BCUT2D eigenvalue weighted by molar-refractivity contribution is -0.150. The van der Waals surface area contributed by atoms with Gasteiger partial charge in [-0.2, -0.15) is 0 Å². The Balaban J connectivity index is 1.77. The van der Waals surface area contributed by atoms with Crippen LogP contribution in [0.1, 0.15) is 5.56 Å². The first-order valence-corrected chi connectivity index (χ1v) is 9.92. The van der Waals surface area contributed by atoms with Gasteiger partial charge in [0.25, 0.3) is 11.8 Å². The molecule has 2 aliphatic rings. The van der Waals surface area contributed by atoms with E-state index in [0.717, 1.165) is 16.7 Å². The number of aliphatic carboxylic acids is 1. The van der Waals surface area contributed by atoms with E-state index in [1.807, 2.05) is 0 Å². The molecule has 2 heterocycles. The molecule has 164 valence electrons. The Morgan fingerprint density at radius 2 is 2.10 bits per heavy atom. The number of β-lactam (4-membered cyclic amide) rings is 1. The van der Waals surface area contributed by atoms with E-state index in [2.05, 4.69) is 15.2 Å². The maximum Gasteiger partial charge on any atom is 0.404 e. The number of carboxylic acid groups (broad SMARTS) is 1. The minimum absolute atomic E-state index is 0.0814. The van der Waals surface area contributed by atoms with Crippen molar-refractivity contribution in [3.8, 4) is 5.75 Å². The summed E-state index contributed by atoms with van der Waals surface area (Å²) < 4.78 is 4.63. The quantitative estimate of drug-likeness (QED) is 0.165. The van der Waals surface area contributed by atoms with Crippen LogP contribution in [0.15, 0.2) is 34.6 Å². The number of nitrogens with one attached hydrogen (secondary N) is 1. The van der Waals surface area contributed by atoms with E-state index < -0.39 is 41.0 Å². The zero-order valence-electron chi connectivity index (χ0n) is 15.4. The molecular formula is C17H15ClN4O8S. The van der Waals surface area contributed by atoms with Gasteiger partial charge in [-0.25, -0.2) is 9.59 Å². The molecular weight excluding hydrogens is 456 g/mol. The summed E-state index contributed by atoms with van der Waals surface area (Å²) in [5.74, 6) is -3.14. The number of amides is 3. The van der Waals surface area contributed by atoms with Crippen LogP contribution in [0.2, 0.25) is 5.02 Å². The van der Waals surface area contributed by atoms with Crippen LogP contribution in [0, 0.1) is 0 Å². The van der Waals surface area contributed by atoms with E-state index in [4.69, 9.17) is 17.3 Å². The molecule has 1 aromatic carbocycles. The number of rotatable bonds is 6. The van der Waals surface area contributed by atoms with Gasteiger partial charge in [-0.1, -0.05) is 16.8 Å². The maximum atomic E-state index is 12.6. The molecule has 0 saturated carbocycles. The molecule has 1 fully saturated rings. The first-order chi connectivity index (χ1) is 14.6. The molecule has 6 N–H and O–H groups in total. The van der Waals surface area contributed by atoms with Gasteiger partial charge in [-0.15, -0.1) is 11.8 Å². The fourth-order valence-electron chi connectivity index (χ4n) is 3.05. The Kier molecular flexibility index (Phi) is 6.27. The van der Waals surface area contributed by atoms with Crippen molar-refractivity contribution in [2.24, 2.45) is 10.9 Å². The Hall–Kier alpha value is -3.45. The van der Waals surface area contributed by atoms with E-state index >= 15 is 0 Å². The van der Waals surface area contributed by atoms with Crippen LogP contribution in [-0.4, -0.2) is 73.7 Å². The highest BCUT2D eigenvalue weighted by molar-refractivity contribution is 8.00. The summed E-state index contributed by atoms with van der Waals surface area (Å²) in [4.78, 5) is 48.6. The van der Waals surface area contributed by atoms with Gasteiger partial charge in [0.1, 0.15) is 29.5 Å². The second-order valence-corrected chi connectivity index (χ2v) is 7.85. The third-order valence-corrected chi connectivity index (χ3v) is 6.10. The van der Waals surface area contributed by atoms with Gasteiger partial charge < -0.3 is 31.2 Å². The third-order valence-electron chi connectivity index (χ3n) is 4.46. The van der Waals surface area contributed by atoms with Gasteiger partial charge in [-0.3, -0.25) is 14.5 Å². The summed E-state index contributed by atoms with van der Waals surface area (Å²) in [6.45, 7) is -0.388. The van der Waals surface area contributed by atoms with E-state index in [9.17, 15) is 34.6 Å². The number of nitrogens with zero attached hydrogens (tertiary/aromatic N) is 2. The number of aromatic hydroxyl groups is 1. The molecule has 0 radical (unpaired) electrons. The number of ether oxygens (including phenoxy) is 1. The first kappa shape index (κ1) is 22.2. The van der Waals surface area contributed by atoms with Crippen molar-refractivity contribution in [2.75, 3.05) is 12.4 Å². The number of hydrogen-bond donors (Lipinski definition) is 5. The number of nitrogens with two attached hydrogens (primary N) is 1. The predicted octanol–water partition coefficient (Wildman–Crippen LogP) is 0.0578. The number of halogens is 1. The van der Waals surface area contributed by atoms with Crippen LogP contribution < -0.4 is 11.1 Å². The average Bonchev–Trinajstić information content (AvgIpc) is 2.72. The van der Waals surface area contributed by atoms with Crippen molar-refractivity contribution in [3.05, 3.63) is 40.1 Å². The molecule has 1 aromatic rings. The van der Waals surface area contributed by atoms with E-state index in [-0.39, 0.29) is 40.0 Å². The van der Waals surface area contributed by atoms with Gasteiger partial charge in [0.05, 0.1) is 5.02 Å². The summed E-state index contributed by atoms with van der Waals surface area (Å²) >= 11 is 6.95. The topological polar surface area (TPSA) is 192 Å². The number of carboxylic acids is 1. The highest BCUT2D eigenvalue weighted by Crippen LogP contribution is 2.40. The van der Waals surface area contributed by atoms with Crippen LogP contribution in [-0.2, 0) is 19.1 Å². The smallest absolute Gasteiger partial charge is 0.404 e. The van der Waals surface area contributed by atoms with Gasteiger partial charge in [0, 0.05) is 16.9 Å². The van der Waals surface area contributed by atoms with Gasteiger partial charge in [0.15, 0.2) is 5.71 Å². The summed E-state index contributed by atoms with van der Waals surface area (Å²) in [6.07, 6.45) is -1.09. The molecule has 2 atom stereocenters. The summed E-state index contributed by atoms with van der Waals surface area (Å²) in [5, 5.41) is 32.8. The second-order valence-electron chi connectivity index (χ2n) is 6.34. The standard InChI is InChI=1S/C17H15ClN4O8S/c18-8-3-6(1-2-9(8)23)10(21-29)13(24)20-11-14(25)22-12(16(26)27)7(4-30-17(19)28)5-31-15(11)22/h1-3,11,15,23,29H,4-5H2,(H2,19,28)(H,20,24)(H,26,27)/b21-10+/t11?,15-/m1/s1. The lowest BCUT2D eigenvalue weighted by atomic mass is 10.0. The molecule has 0 spiro atoms. The molecule has 0 aromatic heterocycles. The van der Waals surface area contributed by atoms with Crippen molar-refractivity contribution in [1.29, 1.82) is 0 Å². The Morgan fingerprint density at radius 1 is 1.39 bits per heavy atom. The third kappa shape index (κ3) is 4.22. The van der Waals surface area contributed by atoms with Crippen LogP contribution in [0.3, 0.4) is 0 Å². The molecule has 1 unspecified atom stereocenters. The van der Waals surface area contributed by atoms with Crippen molar-refractivity contribution in [3.63, 3.8) is 0 Å². The highest BCUT2D eigenvalue weighted by atomic mass is 35.5. The minimum atomic E-state index is -1.40. The normalized spacial score (nSPS) is 20.6. The number of fused-ring (bicyclic) bond motifs is 1. The molecule has 14 heteroatoms. The minimum Gasteiger partial charge on any atom is -0.506 e. The van der Waals surface area contributed by atoms with E-state index in [1.54, 1.807) is 0 Å². The molecule has 3 amide bonds. The first-order valence-electron chi connectivity index (χ1n) is 8.49. The Bertz CT molecular complexity index is 1040. The zero-order chi connectivity index (χ0) is 22.9. The highest BCUT2D eigenvalue weighted by Gasteiger charge is 2.54. The van der Waals surface area contributed by atoms with Crippen LogP contribution >= 0.6 is 23.4 Å². The van der Waals surface area contributed by atoms with Crippen molar-refractivity contribution < 1.29 is 39.3 Å². The van der Waals surface area contributed by atoms with Gasteiger partial charge >= 0.3 is 12.1 Å². The molecule has 12 nitrogen and oxygen atoms in total. The van der Waals surface area contributed by atoms with Crippen LogP contribution in [0.25, 0.3) is 0 Å². The monoisotopic (exact) mass is 470 g/mol. The number of benzene rings is 1. The largest absolute Gasteiger partial charge is 0.506 e. The molecule has 3 rings (SSSR count). The SMILES string of the molecule is NC(=O)OCC1=C(C(=O)O)N2C(=O)C(NC(=O)/C(=N/O)c3ccc(O)c(Cl)c3)[C@H]2SC1. The molecule has 2 aliphatic heterocycles. The number of phenols is 1. The van der Waals surface area contributed by atoms with Gasteiger partial charge in [0.2, 0.25) is 0 Å². The summed E-state index contributed by atoms with van der Waals surface area (Å²) in [7, 11) is 0. The lowest BCUT2D eigenvalue weighted by Gasteiger charge is -2.49. The number of carbonyl (C=O) groups excluding carboxylic acids is 3. The number of phenolic OH excluding ortho intramolecular Hbond substituents is 1. The number of oxime groups is 1. The average molecular weight is 471 g/mol. The Labute approximate surface area is 183 Å². The molecule has 0 bridgehead atoms. The molecule has 0 aliphatic carbocycles. The fourth-order valence-corrected chi connectivity index (χ4v) is 4.56. The number of primary amides is 1. The zero-order valence-corrected chi connectivity index (χ0v) is 17.0. The lowest BCUT2D eigenvalue weighted by Crippen LogP contribution is -2.71. The molecule has 31 heavy (non-hydrogen) atoms. The Morgan fingerprint density at radius 3 is 2.68 bits per heavy atom. The van der Waals surface area contributed by atoms with Crippen molar-refractivity contribution in [2.45, 2.75) is 11.4 Å². The predicted molar refractivity (Wildman–Crippen MR) is 107 cm³/mol. The van der Waals surface area contributed by atoms with E-state index in [1.165, 1.54) is 18.2 Å². The van der Waals surface area contributed by atoms with Gasteiger partial charge in [-0.05, 0) is 18.2 Å². The van der Waals surface area contributed by atoms with Crippen LogP contribution in [0.4, 0.5) is 4.79 Å². The number of thioether (sulfide) groups is 1.